The highest BCUT2D eigenvalue weighted by atomic mass is 35.5. The van der Waals surface area contributed by atoms with Crippen molar-refractivity contribution in [3.63, 3.8) is 0 Å². The van der Waals surface area contributed by atoms with Crippen molar-refractivity contribution in [1.82, 2.24) is 0 Å². The maximum absolute atomic E-state index is 13.1. The van der Waals surface area contributed by atoms with Gasteiger partial charge in [0.2, 0.25) is 16.9 Å². The molecule has 0 bridgehead atoms. The van der Waals surface area contributed by atoms with E-state index in [4.69, 9.17) is 25.2 Å². The molecule has 0 atom stereocenters. The average Bonchev–Trinajstić information content (AvgIpc) is 3.24. The van der Waals surface area contributed by atoms with E-state index >= 15 is 0 Å². The van der Waals surface area contributed by atoms with E-state index in [9.17, 15) is 14.7 Å². The number of fused-ring (bicyclic) bond motifs is 1. The summed E-state index contributed by atoms with van der Waals surface area (Å²) in [6, 6.07) is 12.6. The lowest BCUT2D eigenvalue weighted by atomic mass is 10.1. The number of benzene rings is 2. The van der Waals surface area contributed by atoms with Gasteiger partial charge in [-0.1, -0.05) is 35.9 Å². The first-order valence-electron chi connectivity index (χ1n) is 8.68. The quantitative estimate of drug-likeness (QED) is 0.495. The van der Waals surface area contributed by atoms with Gasteiger partial charge in [-0.15, -0.1) is 0 Å². The maximum Gasteiger partial charge on any atom is 0.235 e. The smallest absolute Gasteiger partial charge is 0.235 e. The summed E-state index contributed by atoms with van der Waals surface area (Å²) in [4.78, 5) is 24.0. The summed E-state index contributed by atoms with van der Waals surface area (Å²) in [5.41, 5.74) is 1.48. The van der Waals surface area contributed by atoms with Crippen molar-refractivity contribution in [1.29, 1.82) is 0 Å². The number of carbonyl (C=O) groups is 1. The highest BCUT2D eigenvalue weighted by Gasteiger charge is 2.20. The Kier molecular flexibility index (Phi) is 4.86. The number of hydrogen-bond donors (Lipinski definition) is 0. The van der Waals surface area contributed by atoms with Crippen LogP contribution in [-0.2, 0) is 6.61 Å². The van der Waals surface area contributed by atoms with Crippen LogP contribution in [0.4, 0.5) is 0 Å². The molecular weight excluding hydrogens is 396 g/mol. The average molecular weight is 410 g/mol. The van der Waals surface area contributed by atoms with E-state index in [1.165, 1.54) is 18.4 Å². The molecule has 0 fully saturated rings. The molecule has 0 saturated heterocycles. The molecule has 0 aliphatic rings. The summed E-state index contributed by atoms with van der Waals surface area (Å²) in [5.74, 6) is -0.768. The summed E-state index contributed by atoms with van der Waals surface area (Å²) in [5, 5.41) is 11.6. The normalized spacial score (nSPS) is 11.0. The monoisotopic (exact) mass is 409 g/mol. The van der Waals surface area contributed by atoms with E-state index in [0.29, 0.717) is 27.3 Å². The predicted molar refractivity (Wildman–Crippen MR) is 105 cm³/mol. The molecule has 29 heavy (non-hydrogen) atoms. The molecule has 146 valence electrons. The van der Waals surface area contributed by atoms with Crippen LogP contribution in [0.3, 0.4) is 0 Å². The Balaban J connectivity index is 1.78. The van der Waals surface area contributed by atoms with E-state index in [-0.39, 0.29) is 29.1 Å². The van der Waals surface area contributed by atoms with Gasteiger partial charge in [0.05, 0.1) is 17.6 Å². The predicted octanol–water partition coefficient (Wildman–Crippen LogP) is 3.96. The van der Waals surface area contributed by atoms with Crippen LogP contribution in [-0.4, -0.2) is 5.97 Å². The summed E-state index contributed by atoms with van der Waals surface area (Å²) >= 11 is 6.17. The number of carboxylic acid groups (broad SMARTS) is 1. The number of furan rings is 1. The molecule has 4 rings (SSSR count). The molecule has 0 N–H and O–H groups in total. The Morgan fingerprint density at radius 3 is 2.59 bits per heavy atom. The second kappa shape index (κ2) is 7.48. The lowest BCUT2D eigenvalue weighted by Gasteiger charge is -2.11. The Hall–Kier alpha value is -3.51. The Labute approximate surface area is 169 Å². The van der Waals surface area contributed by atoms with Crippen molar-refractivity contribution < 1.29 is 23.5 Å². The molecule has 7 heteroatoms. The first-order chi connectivity index (χ1) is 13.9. The minimum absolute atomic E-state index is 0.0173. The molecule has 2 heterocycles. The highest BCUT2D eigenvalue weighted by molar-refractivity contribution is 6.32. The number of ether oxygens (including phenoxy) is 1. The van der Waals surface area contributed by atoms with Gasteiger partial charge in [0.15, 0.2) is 5.76 Å². The van der Waals surface area contributed by atoms with E-state index in [0.717, 1.165) is 5.56 Å². The van der Waals surface area contributed by atoms with Gasteiger partial charge in [-0.3, -0.25) is 4.79 Å². The summed E-state index contributed by atoms with van der Waals surface area (Å²) in [7, 11) is 0. The Morgan fingerprint density at radius 2 is 1.93 bits per heavy atom. The van der Waals surface area contributed by atoms with Crippen LogP contribution in [0.2, 0.25) is 5.02 Å². The fourth-order valence-corrected chi connectivity index (χ4v) is 3.06. The molecule has 6 nitrogen and oxygen atoms in total. The lowest BCUT2D eigenvalue weighted by molar-refractivity contribution is -0.255. The lowest BCUT2D eigenvalue weighted by Crippen LogP contribution is -2.22. The first kappa shape index (κ1) is 18.8. The molecule has 0 saturated carbocycles. The van der Waals surface area contributed by atoms with Crippen LogP contribution in [0.15, 0.2) is 68.4 Å². The molecule has 0 aliphatic heterocycles. The molecule has 2 aromatic carbocycles. The van der Waals surface area contributed by atoms with Crippen LogP contribution in [0.5, 0.6) is 5.75 Å². The third-order valence-electron chi connectivity index (χ3n) is 4.45. The van der Waals surface area contributed by atoms with Gasteiger partial charge < -0.3 is 23.5 Å². The fraction of sp³-hybridized carbons (Fsp3) is 0.0909. The summed E-state index contributed by atoms with van der Waals surface area (Å²) in [6.45, 7) is 1.84. The summed E-state index contributed by atoms with van der Waals surface area (Å²) in [6.07, 6.45) is 1.47. The second-order valence-electron chi connectivity index (χ2n) is 6.44. The van der Waals surface area contributed by atoms with E-state index in [1.54, 1.807) is 36.4 Å². The number of carboxylic acids is 1. The molecule has 0 amide bonds. The van der Waals surface area contributed by atoms with Crippen LogP contribution in [0.1, 0.15) is 21.5 Å². The second-order valence-corrected chi connectivity index (χ2v) is 6.84. The number of rotatable bonds is 5. The van der Waals surface area contributed by atoms with Gasteiger partial charge >= 0.3 is 0 Å². The number of aryl methyl sites for hydroxylation is 1. The molecule has 4 aromatic rings. The van der Waals surface area contributed by atoms with Crippen molar-refractivity contribution in [3.8, 4) is 17.3 Å². The van der Waals surface area contributed by atoms with Crippen LogP contribution < -0.4 is 15.3 Å². The van der Waals surface area contributed by atoms with Crippen molar-refractivity contribution in [2.75, 3.05) is 0 Å². The standard InChI is InChI=1S/C22H15ClO6/c1-12-9-18-15(10-16(12)23)19(24)21(20(29-18)17-3-2-8-27-17)28-11-13-4-6-14(7-5-13)22(25)26/h2-10H,11H2,1H3,(H,25,26)/p-1. The van der Waals surface area contributed by atoms with Gasteiger partial charge in [0.1, 0.15) is 12.2 Å². The van der Waals surface area contributed by atoms with Crippen molar-refractivity contribution in [2.45, 2.75) is 13.5 Å². The molecule has 0 aliphatic carbocycles. The topological polar surface area (TPSA) is 92.7 Å². The van der Waals surface area contributed by atoms with Gasteiger partial charge in [0, 0.05) is 5.02 Å². The van der Waals surface area contributed by atoms with Crippen LogP contribution in [0.25, 0.3) is 22.5 Å². The third kappa shape index (κ3) is 3.62. The number of hydrogen-bond acceptors (Lipinski definition) is 6. The Bertz CT molecular complexity index is 1250. The van der Waals surface area contributed by atoms with E-state index in [1.807, 2.05) is 6.92 Å². The zero-order valence-corrected chi connectivity index (χ0v) is 16.0. The van der Waals surface area contributed by atoms with Crippen molar-refractivity contribution in [2.24, 2.45) is 0 Å². The molecule has 0 spiro atoms. The number of aromatic carboxylic acids is 1. The summed E-state index contributed by atoms with van der Waals surface area (Å²) < 4.78 is 17.1. The maximum atomic E-state index is 13.1. The number of halogens is 1. The third-order valence-corrected chi connectivity index (χ3v) is 4.85. The SMILES string of the molecule is Cc1cc2oc(-c3ccco3)c(OCc3ccc(C(=O)[O-])cc3)c(=O)c2cc1Cl. The minimum atomic E-state index is -1.26. The zero-order chi connectivity index (χ0) is 20.5. The highest BCUT2D eigenvalue weighted by Crippen LogP contribution is 2.33. The Morgan fingerprint density at radius 1 is 1.17 bits per heavy atom. The number of carbonyl (C=O) groups excluding carboxylic acids is 1. The largest absolute Gasteiger partial charge is 0.545 e. The van der Waals surface area contributed by atoms with Gasteiger partial charge in [-0.25, -0.2) is 0 Å². The van der Waals surface area contributed by atoms with Crippen LogP contribution >= 0.6 is 11.6 Å². The first-order valence-corrected chi connectivity index (χ1v) is 9.06. The van der Waals surface area contributed by atoms with Crippen LogP contribution in [0, 0.1) is 6.92 Å². The molecule has 2 aromatic heterocycles. The molecule has 0 radical (unpaired) electrons. The van der Waals surface area contributed by atoms with Gasteiger partial charge in [0.25, 0.3) is 0 Å². The van der Waals surface area contributed by atoms with Crippen molar-refractivity contribution in [3.05, 3.63) is 86.7 Å². The van der Waals surface area contributed by atoms with Crippen molar-refractivity contribution >= 4 is 28.5 Å². The van der Waals surface area contributed by atoms with Gasteiger partial charge in [-0.2, -0.15) is 0 Å². The van der Waals surface area contributed by atoms with E-state index < -0.39 is 5.97 Å². The van der Waals surface area contributed by atoms with E-state index in [2.05, 4.69) is 0 Å². The fourth-order valence-electron chi connectivity index (χ4n) is 2.89. The minimum Gasteiger partial charge on any atom is -0.545 e. The molecular formula is C22H14ClO6-. The zero-order valence-electron chi connectivity index (χ0n) is 15.2. The van der Waals surface area contributed by atoms with Gasteiger partial charge in [-0.05, 0) is 47.9 Å². The molecule has 0 unspecified atom stereocenters.